The molecule has 0 aliphatic carbocycles. The first-order valence-electron chi connectivity index (χ1n) is 31.7. The van der Waals surface area contributed by atoms with E-state index in [4.69, 9.17) is 48.9 Å². The molecule has 6 N–H and O–H groups in total. The molecule has 6 saturated heterocycles. The standard InChI is InChI=1S/C63H80N20O8/c1-76-23-5-36-83(37-27-76,63(87)69-52-18-14-50(15-19-52)67-61(85)66-48-10-6-46(7-11-48)54-70-56(78-28-38-88-39-29-78)74-57(71-54)79-30-40-89-41-31-79)82(62(86)68-51-16-12-49(13-17-51)65-60(84)64-22-26-77-24-3-2-4-25-77)53-20-8-47(9-21-53)55-72-58(80-32-42-90-43-33-80)75-59(73-55)81-34-44-91-45-35-81/h6-21H,2-5,22-45H2,1H3,(H5-,64,65,66,67,68,69,70,71,74,84,85,86,87)/p+1. The second kappa shape index (κ2) is 29.8. The maximum atomic E-state index is 15.5. The van der Waals surface area contributed by atoms with E-state index in [1.807, 2.05) is 43.4 Å². The minimum atomic E-state index is -0.560. The third-order valence-electron chi connectivity index (χ3n) is 17.0. The Morgan fingerprint density at radius 2 is 0.824 bits per heavy atom. The third kappa shape index (κ3) is 16.0. The van der Waals surface area contributed by atoms with Crippen LogP contribution in [-0.4, -0.2) is 233 Å². The molecule has 6 aromatic rings. The highest BCUT2D eigenvalue weighted by Crippen LogP contribution is 2.33. The number of likely N-dealkylation sites (tertiary alicyclic amines) is 1. The fourth-order valence-electron chi connectivity index (χ4n) is 11.9. The van der Waals surface area contributed by atoms with Gasteiger partial charge in [0.15, 0.2) is 11.6 Å². The van der Waals surface area contributed by atoms with Crippen LogP contribution < -0.4 is 56.5 Å². The van der Waals surface area contributed by atoms with Gasteiger partial charge < -0.3 is 74.9 Å². The maximum Gasteiger partial charge on any atom is 0.446 e. The van der Waals surface area contributed by atoms with Crippen molar-refractivity contribution in [2.45, 2.75) is 25.7 Å². The van der Waals surface area contributed by atoms with Gasteiger partial charge in [0.05, 0.1) is 59.4 Å². The Balaban J connectivity index is 0.768. The smallest absolute Gasteiger partial charge is 0.378 e. The number of quaternary nitrogens is 1. The lowest BCUT2D eigenvalue weighted by atomic mass is 10.1. The lowest BCUT2D eigenvalue weighted by Crippen LogP contribution is -2.69. The fourth-order valence-corrected chi connectivity index (χ4v) is 11.9. The average molecular weight is 1250 g/mol. The summed E-state index contributed by atoms with van der Waals surface area (Å²) >= 11 is 0. The first-order chi connectivity index (χ1) is 44.6. The normalized spacial score (nSPS) is 19.4. The van der Waals surface area contributed by atoms with E-state index in [1.54, 1.807) is 60.7 Å². The third-order valence-corrected chi connectivity index (χ3v) is 17.0. The number of rotatable bonds is 15. The van der Waals surface area contributed by atoms with Crippen molar-refractivity contribution in [1.82, 2.24) is 45.0 Å². The molecule has 2 aromatic heterocycles. The molecule has 480 valence electrons. The van der Waals surface area contributed by atoms with E-state index in [-0.39, 0.29) is 19.1 Å². The van der Waals surface area contributed by atoms with Crippen LogP contribution in [0.4, 0.5) is 77.1 Å². The van der Waals surface area contributed by atoms with Gasteiger partial charge in [-0.2, -0.15) is 29.9 Å². The van der Waals surface area contributed by atoms with Crippen molar-refractivity contribution in [1.29, 1.82) is 0 Å². The van der Waals surface area contributed by atoms with E-state index < -0.39 is 22.7 Å². The minimum Gasteiger partial charge on any atom is -0.378 e. The molecule has 8 heterocycles. The van der Waals surface area contributed by atoms with Crippen molar-refractivity contribution in [3.8, 4) is 22.8 Å². The Bertz CT molecular complexity index is 3340. The molecule has 0 radical (unpaired) electrons. The van der Waals surface area contributed by atoms with Crippen molar-refractivity contribution in [3.63, 3.8) is 0 Å². The van der Waals surface area contributed by atoms with Crippen LogP contribution in [-0.2, 0) is 18.9 Å². The first kappa shape index (κ1) is 62.3. The van der Waals surface area contributed by atoms with Gasteiger partial charge >= 0.3 is 24.1 Å². The molecule has 0 spiro atoms. The molecule has 12 rings (SSSR count). The number of aromatic nitrogens is 6. The topological polar surface area (TPSA) is 277 Å². The molecule has 6 fully saturated rings. The van der Waals surface area contributed by atoms with E-state index >= 15 is 9.59 Å². The van der Waals surface area contributed by atoms with Gasteiger partial charge in [0.2, 0.25) is 23.8 Å². The summed E-state index contributed by atoms with van der Waals surface area (Å²) in [7, 11) is 2.01. The van der Waals surface area contributed by atoms with Gasteiger partial charge in [0.1, 0.15) is 18.8 Å². The van der Waals surface area contributed by atoms with E-state index in [0.29, 0.717) is 206 Å². The van der Waals surface area contributed by atoms with Gasteiger partial charge in [-0.3, -0.25) is 5.32 Å². The zero-order valence-electron chi connectivity index (χ0n) is 51.6. The highest BCUT2D eigenvalue weighted by molar-refractivity contribution is 6.03. The predicted molar refractivity (Wildman–Crippen MR) is 348 cm³/mol. The van der Waals surface area contributed by atoms with Crippen molar-refractivity contribution < 1.29 is 42.7 Å². The SMILES string of the molecule is CN1CCC[N+](C(=O)Nc2ccc(NC(=O)Nc3ccc(-c4nc(N5CCOCC5)nc(N5CCOCC5)n4)cc3)cc2)(N(C(=O)Nc2ccc(NC(=O)NCCN3CCCCC3)cc2)c2ccc(-c3nc(N4CCOCC4)nc(N4CCOCC4)n3)cc2)CC1. The number of carbonyl (C=O) groups excluding carboxylic acids is 4. The number of morpholine rings is 4. The molecule has 6 aliphatic rings. The Labute approximate surface area is 529 Å². The summed E-state index contributed by atoms with van der Waals surface area (Å²) in [6.45, 7) is 14.9. The summed E-state index contributed by atoms with van der Waals surface area (Å²) in [4.78, 5) is 99.6. The number of hydrogen-bond acceptors (Lipinski definition) is 20. The molecule has 1 unspecified atom stereocenters. The lowest BCUT2D eigenvalue weighted by molar-refractivity contribution is -0.847. The zero-order chi connectivity index (χ0) is 62.4. The number of likely N-dealkylation sites (N-methyl/N-ethyl adjacent to an activating group) is 1. The largest absolute Gasteiger partial charge is 0.446 e. The van der Waals surface area contributed by atoms with Gasteiger partial charge in [-0.1, -0.05) is 6.42 Å². The Hall–Kier alpha value is -8.90. The molecule has 8 amide bonds. The summed E-state index contributed by atoms with van der Waals surface area (Å²) < 4.78 is 22.1. The van der Waals surface area contributed by atoms with Gasteiger partial charge in [-0.15, -0.1) is 9.60 Å². The van der Waals surface area contributed by atoms with Crippen LogP contribution in [0.1, 0.15) is 25.7 Å². The summed E-state index contributed by atoms with van der Waals surface area (Å²) in [6.07, 6.45) is 4.18. The summed E-state index contributed by atoms with van der Waals surface area (Å²) in [5.41, 5.74) is 4.37. The quantitative estimate of drug-likeness (QED) is 0.0613. The van der Waals surface area contributed by atoms with Crippen LogP contribution in [0.3, 0.4) is 0 Å². The van der Waals surface area contributed by atoms with Crippen LogP contribution in [0.5, 0.6) is 0 Å². The molecule has 91 heavy (non-hydrogen) atoms. The van der Waals surface area contributed by atoms with Gasteiger partial charge in [-0.25, -0.2) is 19.2 Å². The Morgan fingerprint density at radius 1 is 0.429 bits per heavy atom. The number of nitrogens with one attached hydrogen (secondary N) is 6. The Morgan fingerprint density at radius 3 is 1.27 bits per heavy atom. The molecule has 28 nitrogen and oxygen atoms in total. The van der Waals surface area contributed by atoms with Gasteiger partial charge in [-0.05, 0) is 130 Å². The Kier molecular flexibility index (Phi) is 20.4. The van der Waals surface area contributed by atoms with Crippen LogP contribution >= 0.6 is 0 Å². The molecule has 4 aromatic carbocycles. The zero-order valence-corrected chi connectivity index (χ0v) is 51.6. The highest BCUT2D eigenvalue weighted by atomic mass is 16.5. The van der Waals surface area contributed by atoms with Gasteiger partial charge in [0.25, 0.3) is 0 Å². The molecule has 0 bridgehead atoms. The van der Waals surface area contributed by atoms with Crippen LogP contribution in [0.15, 0.2) is 97.1 Å². The second-order valence-corrected chi connectivity index (χ2v) is 23.3. The van der Waals surface area contributed by atoms with Crippen molar-refractivity contribution in [2.24, 2.45) is 0 Å². The minimum absolute atomic E-state index is 0.230. The number of amides is 8. The molecule has 0 saturated carbocycles. The number of ether oxygens (including phenoxy) is 4. The van der Waals surface area contributed by atoms with Crippen LogP contribution in [0.25, 0.3) is 22.8 Å². The number of urea groups is 4. The number of anilines is 10. The second-order valence-electron chi connectivity index (χ2n) is 23.3. The highest BCUT2D eigenvalue weighted by Gasteiger charge is 2.49. The van der Waals surface area contributed by atoms with E-state index in [2.05, 4.69) is 61.3 Å². The predicted octanol–water partition coefficient (Wildman–Crippen LogP) is 6.33. The molecule has 28 heteroatoms. The van der Waals surface area contributed by atoms with Crippen LogP contribution in [0.2, 0.25) is 0 Å². The molecular weight excluding hydrogens is 1160 g/mol. The first-order valence-corrected chi connectivity index (χ1v) is 31.7. The van der Waals surface area contributed by atoms with Crippen LogP contribution in [0, 0.1) is 0 Å². The summed E-state index contributed by atoms with van der Waals surface area (Å²) in [5, 5.41) is 19.4. The fraction of sp³-hybridized carbons (Fsp3) is 0.460. The number of carbonyl (C=O) groups is 4. The van der Waals surface area contributed by atoms with E-state index in [1.165, 1.54) is 24.3 Å². The van der Waals surface area contributed by atoms with E-state index in [9.17, 15) is 9.59 Å². The molecular formula is C63H81N20O8+. The summed E-state index contributed by atoms with van der Waals surface area (Å²) in [5.74, 6) is 3.26. The van der Waals surface area contributed by atoms with Crippen molar-refractivity contribution in [3.05, 3.63) is 97.1 Å². The maximum absolute atomic E-state index is 15.5. The van der Waals surface area contributed by atoms with Crippen molar-refractivity contribution >= 4 is 82.0 Å². The number of benzene rings is 4. The lowest BCUT2D eigenvalue weighted by Gasteiger charge is -2.41. The monoisotopic (exact) mass is 1250 g/mol. The molecule has 1 atom stereocenters. The van der Waals surface area contributed by atoms with E-state index in [0.717, 1.165) is 25.2 Å². The van der Waals surface area contributed by atoms with Gasteiger partial charge in [0, 0.05) is 118 Å². The number of nitrogens with zero attached hydrogens (tertiary/aromatic N) is 14. The average Bonchev–Trinajstić information content (AvgIpc) is 1.84. The molecule has 6 aliphatic heterocycles. The number of piperidine rings is 1. The van der Waals surface area contributed by atoms with Crippen molar-refractivity contribution in [2.75, 3.05) is 216 Å². The number of hydrogen-bond donors (Lipinski definition) is 6. The summed E-state index contributed by atoms with van der Waals surface area (Å²) in [6, 6.07) is 26.6.